The van der Waals surface area contributed by atoms with Crippen molar-refractivity contribution in [1.29, 1.82) is 0 Å². The van der Waals surface area contributed by atoms with Gasteiger partial charge < -0.3 is 4.74 Å². The monoisotopic (exact) mass is 167 g/mol. The summed E-state index contributed by atoms with van der Waals surface area (Å²) in [6, 6.07) is 7.14. The van der Waals surface area contributed by atoms with Crippen molar-refractivity contribution in [2.45, 2.75) is 13.8 Å². The molecule has 12 heavy (non-hydrogen) atoms. The second-order valence-corrected chi connectivity index (χ2v) is 3.06. The van der Waals surface area contributed by atoms with E-state index in [0.717, 1.165) is 0 Å². The quantitative estimate of drug-likeness (QED) is 0.672. The fraction of sp³-hybridized carbons (Fsp3) is 0.400. The number of hydrogen-bond donors (Lipinski definition) is 0. The van der Waals surface area contributed by atoms with Crippen molar-refractivity contribution in [3.05, 3.63) is 30.1 Å². The molecule has 65 valence electrons. The molecule has 0 aromatic heterocycles. The molecule has 1 radical (unpaired) electrons. The third kappa shape index (κ3) is 2.53. The van der Waals surface area contributed by atoms with Gasteiger partial charge in [0.25, 0.3) is 0 Å². The van der Waals surface area contributed by atoms with Crippen molar-refractivity contribution < 1.29 is 9.13 Å². The number of hydrogen-bond acceptors (Lipinski definition) is 1. The van der Waals surface area contributed by atoms with Crippen molar-refractivity contribution in [2.24, 2.45) is 5.92 Å². The summed E-state index contributed by atoms with van der Waals surface area (Å²) in [5, 5.41) is 0. The van der Waals surface area contributed by atoms with Gasteiger partial charge in [-0.1, -0.05) is 19.9 Å². The van der Waals surface area contributed by atoms with E-state index < -0.39 is 0 Å². The molecule has 0 bridgehead atoms. The Morgan fingerprint density at radius 1 is 1.58 bits per heavy atom. The third-order valence-electron chi connectivity index (χ3n) is 1.35. The molecule has 0 amide bonds. The van der Waals surface area contributed by atoms with Crippen LogP contribution in [0, 0.1) is 17.8 Å². The van der Waals surface area contributed by atoms with Gasteiger partial charge in [0.1, 0.15) is 0 Å². The van der Waals surface area contributed by atoms with Gasteiger partial charge in [0.15, 0.2) is 11.6 Å². The Kier molecular flexibility index (Phi) is 3.09. The molecule has 2 heteroatoms. The molecule has 0 aliphatic heterocycles. The van der Waals surface area contributed by atoms with E-state index in [1.165, 1.54) is 18.2 Å². The van der Waals surface area contributed by atoms with Crippen LogP contribution in [0.15, 0.2) is 18.2 Å². The van der Waals surface area contributed by atoms with Gasteiger partial charge in [-0.05, 0) is 24.1 Å². The predicted octanol–water partition coefficient (Wildman–Crippen LogP) is 2.66. The first-order chi connectivity index (χ1) is 5.70. The van der Waals surface area contributed by atoms with Crippen molar-refractivity contribution in [2.75, 3.05) is 6.61 Å². The zero-order valence-corrected chi connectivity index (χ0v) is 7.30. The first-order valence-corrected chi connectivity index (χ1v) is 3.98. The first kappa shape index (κ1) is 9.04. The molecule has 0 saturated carbocycles. The SMILES string of the molecule is CC(C)COc1c[c]ccc1F. The van der Waals surface area contributed by atoms with Crippen LogP contribution in [0.1, 0.15) is 13.8 Å². The summed E-state index contributed by atoms with van der Waals surface area (Å²) in [6.07, 6.45) is 0. The fourth-order valence-corrected chi connectivity index (χ4v) is 0.763. The summed E-state index contributed by atoms with van der Waals surface area (Å²) in [7, 11) is 0. The molecule has 0 N–H and O–H groups in total. The standard InChI is InChI=1S/C10H12FO/c1-8(2)7-12-10-6-4-3-5-9(10)11/h3,5-6,8H,7H2,1-2H3. The topological polar surface area (TPSA) is 9.23 Å². The number of halogens is 1. The molecule has 1 aromatic rings. The highest BCUT2D eigenvalue weighted by atomic mass is 19.1. The fourth-order valence-electron chi connectivity index (χ4n) is 0.763. The van der Waals surface area contributed by atoms with Gasteiger partial charge in [-0.3, -0.25) is 0 Å². The minimum absolute atomic E-state index is 0.284. The molecule has 1 rings (SSSR count). The molecular weight excluding hydrogens is 155 g/mol. The van der Waals surface area contributed by atoms with Gasteiger partial charge in [-0.2, -0.15) is 0 Å². The molecular formula is C10H12FO. The largest absolute Gasteiger partial charge is 0.490 e. The summed E-state index contributed by atoms with van der Waals surface area (Å²) < 4.78 is 18.1. The maximum absolute atomic E-state index is 12.9. The van der Waals surface area contributed by atoms with Crippen LogP contribution in [0.4, 0.5) is 4.39 Å². The van der Waals surface area contributed by atoms with E-state index in [1.807, 2.05) is 13.8 Å². The lowest BCUT2D eigenvalue weighted by Gasteiger charge is -2.08. The average molecular weight is 167 g/mol. The molecule has 0 aliphatic rings. The Bertz CT molecular complexity index is 245. The van der Waals surface area contributed by atoms with E-state index >= 15 is 0 Å². The van der Waals surface area contributed by atoms with Crippen molar-refractivity contribution in [1.82, 2.24) is 0 Å². The molecule has 0 unspecified atom stereocenters. The zero-order valence-electron chi connectivity index (χ0n) is 7.30. The molecule has 0 atom stereocenters. The van der Waals surface area contributed by atoms with Crippen molar-refractivity contribution >= 4 is 0 Å². The summed E-state index contributed by atoms with van der Waals surface area (Å²) in [6.45, 7) is 4.57. The minimum atomic E-state index is -0.325. The van der Waals surface area contributed by atoms with Gasteiger partial charge in [-0.15, -0.1) is 0 Å². The van der Waals surface area contributed by atoms with Crippen LogP contribution in [0.2, 0.25) is 0 Å². The zero-order chi connectivity index (χ0) is 8.97. The minimum Gasteiger partial charge on any atom is -0.490 e. The Hall–Kier alpha value is -1.05. The van der Waals surface area contributed by atoms with Crippen LogP contribution >= 0.6 is 0 Å². The van der Waals surface area contributed by atoms with Crippen LogP contribution in [0.25, 0.3) is 0 Å². The highest BCUT2D eigenvalue weighted by Crippen LogP contribution is 2.15. The Balaban J connectivity index is 2.57. The van der Waals surface area contributed by atoms with E-state index in [0.29, 0.717) is 12.5 Å². The smallest absolute Gasteiger partial charge is 0.165 e. The lowest BCUT2D eigenvalue weighted by atomic mass is 10.2. The predicted molar refractivity (Wildman–Crippen MR) is 45.6 cm³/mol. The van der Waals surface area contributed by atoms with Gasteiger partial charge in [0, 0.05) is 0 Å². The molecule has 0 heterocycles. The van der Waals surface area contributed by atoms with Gasteiger partial charge in [-0.25, -0.2) is 4.39 Å². The molecule has 0 fully saturated rings. The van der Waals surface area contributed by atoms with Crippen LogP contribution in [-0.2, 0) is 0 Å². The van der Waals surface area contributed by atoms with E-state index in [2.05, 4.69) is 6.07 Å². The molecule has 0 spiro atoms. The van der Waals surface area contributed by atoms with Crippen LogP contribution in [-0.4, -0.2) is 6.61 Å². The number of rotatable bonds is 3. The van der Waals surface area contributed by atoms with Gasteiger partial charge in [0.05, 0.1) is 6.61 Å². The Morgan fingerprint density at radius 2 is 2.33 bits per heavy atom. The normalized spacial score (nSPS) is 10.3. The molecule has 0 saturated heterocycles. The van der Waals surface area contributed by atoms with E-state index in [1.54, 1.807) is 0 Å². The van der Waals surface area contributed by atoms with Crippen LogP contribution < -0.4 is 4.74 Å². The summed E-state index contributed by atoms with van der Waals surface area (Å²) in [5.74, 6) is 0.366. The highest BCUT2D eigenvalue weighted by molar-refractivity contribution is 5.22. The third-order valence-corrected chi connectivity index (χ3v) is 1.35. The van der Waals surface area contributed by atoms with Crippen LogP contribution in [0.3, 0.4) is 0 Å². The molecule has 0 aliphatic carbocycles. The summed E-state index contributed by atoms with van der Waals surface area (Å²) in [4.78, 5) is 0. The van der Waals surface area contributed by atoms with E-state index in [-0.39, 0.29) is 11.6 Å². The molecule has 1 nitrogen and oxygen atoms in total. The Morgan fingerprint density at radius 3 is 2.92 bits per heavy atom. The number of benzene rings is 1. The first-order valence-electron chi connectivity index (χ1n) is 3.98. The van der Waals surface area contributed by atoms with Gasteiger partial charge in [0.2, 0.25) is 0 Å². The van der Waals surface area contributed by atoms with Crippen molar-refractivity contribution in [3.8, 4) is 5.75 Å². The maximum atomic E-state index is 12.9. The lowest BCUT2D eigenvalue weighted by molar-refractivity contribution is 0.259. The van der Waals surface area contributed by atoms with Crippen molar-refractivity contribution in [3.63, 3.8) is 0 Å². The second kappa shape index (κ2) is 4.10. The Labute approximate surface area is 72.2 Å². The van der Waals surface area contributed by atoms with E-state index in [9.17, 15) is 4.39 Å². The highest BCUT2D eigenvalue weighted by Gasteiger charge is 2.01. The maximum Gasteiger partial charge on any atom is 0.165 e. The van der Waals surface area contributed by atoms with Gasteiger partial charge >= 0.3 is 0 Å². The molecule has 1 aromatic carbocycles. The average Bonchev–Trinajstić information content (AvgIpc) is 2.03. The summed E-state index contributed by atoms with van der Waals surface area (Å²) in [5.41, 5.74) is 0. The summed E-state index contributed by atoms with van der Waals surface area (Å²) >= 11 is 0. The number of ether oxygens (including phenoxy) is 1. The van der Waals surface area contributed by atoms with Crippen LogP contribution in [0.5, 0.6) is 5.75 Å². The lowest BCUT2D eigenvalue weighted by Crippen LogP contribution is -2.05. The second-order valence-electron chi connectivity index (χ2n) is 3.06. The van der Waals surface area contributed by atoms with E-state index in [4.69, 9.17) is 4.74 Å².